The monoisotopic (exact) mass is 167 g/mol. The van der Waals surface area contributed by atoms with Crippen LogP contribution in [0.2, 0.25) is 0 Å². The highest BCUT2D eigenvalue weighted by molar-refractivity contribution is 5.75. The highest BCUT2D eigenvalue weighted by Crippen LogP contribution is 2.46. The first-order valence-electron chi connectivity index (χ1n) is 4.15. The zero-order valence-corrected chi connectivity index (χ0v) is 7.37. The van der Waals surface area contributed by atoms with Gasteiger partial charge in [-0.15, -0.1) is 0 Å². The average Bonchev–Trinajstić information content (AvgIpc) is 2.31. The maximum absolute atomic E-state index is 10.9. The fourth-order valence-electron chi connectivity index (χ4n) is 1.86. The molecule has 0 aliphatic heterocycles. The first kappa shape index (κ1) is 9.05. The molecule has 0 aromatic heterocycles. The highest BCUT2D eigenvalue weighted by atomic mass is 16.4. The van der Waals surface area contributed by atoms with Gasteiger partial charge in [0, 0.05) is 5.92 Å². The predicted octanol–water partition coefficient (Wildman–Crippen LogP) is 1.65. The van der Waals surface area contributed by atoms with Crippen LogP contribution in [0.4, 0.5) is 0 Å². The van der Waals surface area contributed by atoms with Crippen molar-refractivity contribution in [3.63, 3.8) is 0 Å². The van der Waals surface area contributed by atoms with Gasteiger partial charge in [0.2, 0.25) is 0 Å². The third-order valence-corrected chi connectivity index (χ3v) is 3.24. The van der Waals surface area contributed by atoms with E-state index in [1.54, 1.807) is 6.92 Å². The van der Waals surface area contributed by atoms with Gasteiger partial charge in [-0.3, -0.25) is 4.79 Å². The van der Waals surface area contributed by atoms with Gasteiger partial charge in [-0.2, -0.15) is 5.26 Å². The highest BCUT2D eigenvalue weighted by Gasteiger charge is 2.47. The molecule has 1 saturated carbocycles. The van der Waals surface area contributed by atoms with Gasteiger partial charge in [-0.05, 0) is 25.7 Å². The van der Waals surface area contributed by atoms with E-state index in [4.69, 9.17) is 10.4 Å². The standard InChI is InChI=1S/C9H13NO2/c1-6-7(5-10)3-4-9(6,2)8(11)12/h6-7H,3-4H2,1-2H3,(H,11,12)/t6-,7-,9-/m1/s1. The van der Waals surface area contributed by atoms with Crippen LogP contribution in [0.25, 0.3) is 0 Å². The van der Waals surface area contributed by atoms with Crippen LogP contribution in [0.1, 0.15) is 26.7 Å². The zero-order valence-electron chi connectivity index (χ0n) is 7.37. The number of nitrogens with zero attached hydrogens (tertiary/aromatic N) is 1. The van der Waals surface area contributed by atoms with Gasteiger partial charge in [0.1, 0.15) is 0 Å². The van der Waals surface area contributed by atoms with Gasteiger partial charge >= 0.3 is 5.97 Å². The Morgan fingerprint density at radius 1 is 1.75 bits per heavy atom. The smallest absolute Gasteiger partial charge is 0.309 e. The lowest BCUT2D eigenvalue weighted by Crippen LogP contribution is -2.31. The van der Waals surface area contributed by atoms with E-state index >= 15 is 0 Å². The number of carboxylic acid groups (broad SMARTS) is 1. The molecule has 0 bridgehead atoms. The minimum Gasteiger partial charge on any atom is -0.481 e. The number of hydrogen-bond acceptors (Lipinski definition) is 2. The van der Waals surface area contributed by atoms with E-state index in [2.05, 4.69) is 6.07 Å². The molecule has 1 aliphatic rings. The Labute approximate surface area is 72.0 Å². The molecular weight excluding hydrogens is 154 g/mol. The van der Waals surface area contributed by atoms with E-state index in [1.807, 2.05) is 6.92 Å². The number of hydrogen-bond donors (Lipinski definition) is 1. The molecule has 0 saturated heterocycles. The molecule has 0 aromatic carbocycles. The lowest BCUT2D eigenvalue weighted by atomic mass is 9.78. The van der Waals surface area contributed by atoms with Crippen LogP contribution in [-0.2, 0) is 4.79 Å². The van der Waals surface area contributed by atoms with Gasteiger partial charge in [0.05, 0.1) is 11.5 Å². The maximum Gasteiger partial charge on any atom is 0.309 e. The molecule has 1 N–H and O–H groups in total. The summed E-state index contributed by atoms with van der Waals surface area (Å²) in [7, 11) is 0. The van der Waals surface area contributed by atoms with Crippen molar-refractivity contribution in [1.82, 2.24) is 0 Å². The van der Waals surface area contributed by atoms with Crippen LogP contribution in [0.3, 0.4) is 0 Å². The summed E-state index contributed by atoms with van der Waals surface area (Å²) in [5, 5.41) is 17.7. The molecule has 0 amide bonds. The molecule has 1 rings (SSSR count). The van der Waals surface area contributed by atoms with Gasteiger partial charge in [-0.25, -0.2) is 0 Å². The molecule has 3 nitrogen and oxygen atoms in total. The van der Waals surface area contributed by atoms with Crippen LogP contribution in [0.15, 0.2) is 0 Å². The molecule has 0 radical (unpaired) electrons. The average molecular weight is 167 g/mol. The topological polar surface area (TPSA) is 61.1 Å². The van der Waals surface area contributed by atoms with E-state index in [0.29, 0.717) is 6.42 Å². The maximum atomic E-state index is 10.9. The summed E-state index contributed by atoms with van der Waals surface area (Å²) < 4.78 is 0. The largest absolute Gasteiger partial charge is 0.481 e. The minimum absolute atomic E-state index is 0.0278. The summed E-state index contributed by atoms with van der Waals surface area (Å²) in [6, 6.07) is 2.16. The molecule has 3 atom stereocenters. The van der Waals surface area contributed by atoms with Crippen LogP contribution in [0, 0.1) is 28.6 Å². The van der Waals surface area contributed by atoms with Crippen molar-refractivity contribution in [3.05, 3.63) is 0 Å². The van der Waals surface area contributed by atoms with Gasteiger partial charge in [0.25, 0.3) is 0 Å². The second kappa shape index (κ2) is 2.78. The van der Waals surface area contributed by atoms with Gasteiger partial charge in [0.15, 0.2) is 0 Å². The van der Waals surface area contributed by atoms with E-state index < -0.39 is 11.4 Å². The Bertz CT molecular complexity index is 243. The summed E-state index contributed by atoms with van der Waals surface area (Å²) in [6.45, 7) is 3.59. The van der Waals surface area contributed by atoms with Crippen molar-refractivity contribution in [2.45, 2.75) is 26.7 Å². The van der Waals surface area contributed by atoms with Crippen molar-refractivity contribution in [1.29, 1.82) is 5.26 Å². The number of carbonyl (C=O) groups is 1. The van der Waals surface area contributed by atoms with Crippen molar-refractivity contribution in [2.75, 3.05) is 0 Å². The van der Waals surface area contributed by atoms with Gasteiger partial charge in [-0.1, -0.05) is 6.92 Å². The Morgan fingerprint density at radius 2 is 2.33 bits per heavy atom. The third-order valence-electron chi connectivity index (χ3n) is 3.24. The Hall–Kier alpha value is -1.04. The van der Waals surface area contributed by atoms with Crippen LogP contribution in [0.5, 0.6) is 0 Å². The van der Waals surface area contributed by atoms with Crippen molar-refractivity contribution in [2.24, 2.45) is 17.3 Å². The molecule has 3 heteroatoms. The van der Waals surface area contributed by atoms with Crippen LogP contribution >= 0.6 is 0 Å². The molecule has 0 heterocycles. The Balaban J connectivity index is 2.86. The number of aliphatic carboxylic acids is 1. The second-order valence-corrected chi connectivity index (χ2v) is 3.79. The summed E-state index contributed by atoms with van der Waals surface area (Å²) in [6.07, 6.45) is 1.35. The Morgan fingerprint density at radius 3 is 2.58 bits per heavy atom. The van der Waals surface area contributed by atoms with Crippen molar-refractivity contribution in [3.8, 4) is 6.07 Å². The molecule has 66 valence electrons. The molecular formula is C9H13NO2. The van der Waals surface area contributed by atoms with Crippen LogP contribution < -0.4 is 0 Å². The molecule has 1 fully saturated rings. The van der Waals surface area contributed by atoms with E-state index in [0.717, 1.165) is 6.42 Å². The first-order valence-corrected chi connectivity index (χ1v) is 4.15. The summed E-state index contributed by atoms with van der Waals surface area (Å²) in [4.78, 5) is 10.9. The van der Waals surface area contributed by atoms with E-state index in [-0.39, 0.29) is 11.8 Å². The third kappa shape index (κ3) is 1.08. The second-order valence-electron chi connectivity index (χ2n) is 3.79. The molecule has 0 spiro atoms. The SMILES string of the molecule is C[C@@H]1[C@@H](C#N)CC[C@@]1(C)C(=O)O. The fourth-order valence-corrected chi connectivity index (χ4v) is 1.86. The van der Waals surface area contributed by atoms with Crippen molar-refractivity contribution < 1.29 is 9.90 Å². The molecule has 12 heavy (non-hydrogen) atoms. The first-order chi connectivity index (χ1) is 5.52. The number of nitriles is 1. The lowest BCUT2D eigenvalue weighted by Gasteiger charge is -2.24. The van der Waals surface area contributed by atoms with E-state index in [1.165, 1.54) is 0 Å². The normalized spacial score (nSPS) is 40.8. The quantitative estimate of drug-likeness (QED) is 0.645. The molecule has 0 aromatic rings. The lowest BCUT2D eigenvalue weighted by molar-refractivity contribution is -0.149. The zero-order chi connectivity index (χ0) is 9.35. The number of carboxylic acids is 1. The summed E-state index contributed by atoms with van der Waals surface area (Å²) in [5.41, 5.74) is -0.680. The predicted molar refractivity (Wildman–Crippen MR) is 43.2 cm³/mol. The van der Waals surface area contributed by atoms with E-state index in [9.17, 15) is 4.79 Å². The van der Waals surface area contributed by atoms with Gasteiger partial charge < -0.3 is 5.11 Å². The summed E-state index contributed by atoms with van der Waals surface area (Å²) in [5.74, 6) is -0.876. The number of rotatable bonds is 1. The molecule has 1 aliphatic carbocycles. The molecule has 0 unspecified atom stereocenters. The minimum atomic E-state index is -0.771. The van der Waals surface area contributed by atoms with Crippen LogP contribution in [-0.4, -0.2) is 11.1 Å². The van der Waals surface area contributed by atoms with Crippen molar-refractivity contribution >= 4 is 5.97 Å². The Kier molecular flexibility index (Phi) is 2.10. The fraction of sp³-hybridized carbons (Fsp3) is 0.778. The summed E-state index contributed by atoms with van der Waals surface area (Å²) >= 11 is 0.